The van der Waals surface area contributed by atoms with Crippen molar-refractivity contribution >= 4 is 5.52 Å². The van der Waals surface area contributed by atoms with Gasteiger partial charge in [0.15, 0.2) is 0 Å². The van der Waals surface area contributed by atoms with E-state index in [1.807, 2.05) is 16.7 Å². The number of rotatable bonds is 7. The highest BCUT2D eigenvalue weighted by Crippen LogP contribution is 2.48. The van der Waals surface area contributed by atoms with Crippen molar-refractivity contribution in [2.45, 2.75) is 64.1 Å². The number of hydrogen-bond donors (Lipinski definition) is 1. The lowest BCUT2D eigenvalue weighted by atomic mass is 9.86. The lowest BCUT2D eigenvalue weighted by Crippen LogP contribution is -2.15. The summed E-state index contributed by atoms with van der Waals surface area (Å²) in [4.78, 5) is 4.19. The number of imidazole rings is 1. The lowest BCUT2D eigenvalue weighted by molar-refractivity contribution is 0.0990. The number of pyridine rings is 1. The number of unbranched alkanes of at least 4 members (excludes halogenated alkanes) is 1. The summed E-state index contributed by atoms with van der Waals surface area (Å²) in [6.07, 6.45) is 8.90. The molecule has 22 heavy (non-hydrogen) atoms. The van der Waals surface area contributed by atoms with Crippen LogP contribution in [0, 0.1) is 5.92 Å². The summed E-state index contributed by atoms with van der Waals surface area (Å²) < 4.78 is 15.5. The number of hydrogen-bond acceptors (Lipinski definition) is 2. The molecule has 2 aromatic rings. The highest BCUT2D eigenvalue weighted by Gasteiger charge is 2.41. The molecular weight excluding hydrogens is 279 g/mol. The van der Waals surface area contributed by atoms with Gasteiger partial charge in [-0.25, -0.2) is 9.37 Å². The molecule has 0 saturated heterocycles. The second-order valence-corrected chi connectivity index (χ2v) is 6.48. The first-order valence-electron chi connectivity index (χ1n) is 8.43. The quantitative estimate of drug-likeness (QED) is 0.822. The fourth-order valence-corrected chi connectivity index (χ4v) is 3.45. The van der Waals surface area contributed by atoms with E-state index in [-0.39, 0.29) is 11.8 Å². The van der Waals surface area contributed by atoms with Crippen LogP contribution in [0.15, 0.2) is 24.8 Å². The Bertz CT molecular complexity index is 639. The van der Waals surface area contributed by atoms with Gasteiger partial charge in [-0.05, 0) is 30.4 Å². The molecule has 2 aromatic heterocycles. The van der Waals surface area contributed by atoms with Gasteiger partial charge in [0, 0.05) is 17.7 Å². The number of halogens is 1. The molecule has 2 heterocycles. The van der Waals surface area contributed by atoms with Gasteiger partial charge in [-0.15, -0.1) is 0 Å². The number of alkyl halides is 1. The fourth-order valence-electron chi connectivity index (χ4n) is 3.45. The van der Waals surface area contributed by atoms with Gasteiger partial charge >= 0.3 is 0 Å². The van der Waals surface area contributed by atoms with Crippen LogP contribution in [0.5, 0.6) is 0 Å². The highest BCUT2D eigenvalue weighted by atomic mass is 19.1. The third kappa shape index (κ3) is 2.76. The molecule has 1 aliphatic rings. The Morgan fingerprint density at radius 2 is 2.23 bits per heavy atom. The molecule has 3 nitrogen and oxygen atoms in total. The van der Waals surface area contributed by atoms with E-state index < -0.39 is 12.3 Å². The SMILES string of the molecule is CCCCC(CC)C(O)c1c(C2CC2F)ccn2cncc12. The van der Waals surface area contributed by atoms with Gasteiger partial charge in [0.25, 0.3) is 0 Å². The van der Waals surface area contributed by atoms with Crippen molar-refractivity contribution in [3.8, 4) is 0 Å². The lowest BCUT2D eigenvalue weighted by Gasteiger charge is -2.25. The maximum atomic E-state index is 13.6. The summed E-state index contributed by atoms with van der Waals surface area (Å²) in [5, 5.41) is 11.0. The molecular formula is C18H25FN2O. The summed E-state index contributed by atoms with van der Waals surface area (Å²) in [6.45, 7) is 4.29. The van der Waals surface area contributed by atoms with E-state index in [4.69, 9.17) is 0 Å². The van der Waals surface area contributed by atoms with Crippen molar-refractivity contribution in [2.24, 2.45) is 5.92 Å². The van der Waals surface area contributed by atoms with Crippen LogP contribution in [0.25, 0.3) is 5.52 Å². The van der Waals surface area contributed by atoms with Crippen LogP contribution >= 0.6 is 0 Å². The summed E-state index contributed by atoms with van der Waals surface area (Å²) in [7, 11) is 0. The smallest absolute Gasteiger partial charge is 0.108 e. The molecule has 0 radical (unpaired) electrons. The summed E-state index contributed by atoms with van der Waals surface area (Å²) >= 11 is 0. The monoisotopic (exact) mass is 304 g/mol. The third-order valence-corrected chi connectivity index (χ3v) is 4.97. The third-order valence-electron chi connectivity index (χ3n) is 4.97. The average molecular weight is 304 g/mol. The first kappa shape index (κ1) is 15.5. The van der Waals surface area contributed by atoms with Gasteiger partial charge < -0.3 is 9.51 Å². The molecule has 0 spiro atoms. The number of nitrogens with zero attached hydrogens (tertiary/aromatic N) is 2. The van der Waals surface area contributed by atoms with Crippen molar-refractivity contribution in [1.82, 2.24) is 9.38 Å². The van der Waals surface area contributed by atoms with Gasteiger partial charge in [0.05, 0.1) is 24.1 Å². The predicted molar refractivity (Wildman–Crippen MR) is 85.7 cm³/mol. The van der Waals surface area contributed by atoms with Crippen LogP contribution in [-0.2, 0) is 0 Å². The number of aliphatic hydroxyl groups is 1. The summed E-state index contributed by atoms with van der Waals surface area (Å²) in [6, 6.07) is 1.96. The van der Waals surface area contributed by atoms with Crippen LogP contribution in [-0.4, -0.2) is 20.7 Å². The normalized spacial score (nSPS) is 23.6. The Morgan fingerprint density at radius 3 is 2.86 bits per heavy atom. The van der Waals surface area contributed by atoms with Crippen LogP contribution in [0.4, 0.5) is 4.39 Å². The molecule has 0 aromatic carbocycles. The van der Waals surface area contributed by atoms with Crippen LogP contribution in [0.3, 0.4) is 0 Å². The molecule has 1 fully saturated rings. The molecule has 0 aliphatic heterocycles. The largest absolute Gasteiger partial charge is 0.388 e. The minimum Gasteiger partial charge on any atom is -0.388 e. The molecule has 1 aliphatic carbocycles. The van der Waals surface area contributed by atoms with Crippen LogP contribution in [0.1, 0.15) is 69.1 Å². The average Bonchev–Trinajstić information content (AvgIpc) is 3.06. The molecule has 1 N–H and O–H groups in total. The molecule has 4 atom stereocenters. The summed E-state index contributed by atoms with van der Waals surface area (Å²) in [5.74, 6) is 0.171. The Hall–Kier alpha value is -1.42. The van der Waals surface area contributed by atoms with Gasteiger partial charge in [-0.3, -0.25) is 0 Å². The Labute approximate surface area is 131 Å². The molecule has 0 amide bonds. The number of aliphatic hydroxyl groups excluding tert-OH is 1. The standard InChI is InChI=1S/C18H25FN2O/c1-3-5-6-12(4-2)18(22)17-13(14-9-15(14)19)7-8-21-11-20-10-16(17)21/h7-8,10-12,14-15,18,22H,3-6,9H2,1-2H3. The minimum absolute atomic E-state index is 0.0479. The fraction of sp³-hybridized carbons (Fsp3) is 0.611. The second kappa shape index (κ2) is 6.37. The molecule has 1 saturated carbocycles. The van der Waals surface area contributed by atoms with E-state index in [9.17, 15) is 9.50 Å². The van der Waals surface area contributed by atoms with Crippen molar-refractivity contribution in [2.75, 3.05) is 0 Å². The highest BCUT2D eigenvalue weighted by molar-refractivity contribution is 5.59. The molecule has 120 valence electrons. The topological polar surface area (TPSA) is 37.5 Å². The van der Waals surface area contributed by atoms with Gasteiger partial charge in [-0.1, -0.05) is 33.1 Å². The summed E-state index contributed by atoms with van der Waals surface area (Å²) in [5.41, 5.74) is 2.79. The second-order valence-electron chi connectivity index (χ2n) is 6.48. The first-order valence-corrected chi connectivity index (χ1v) is 8.43. The van der Waals surface area contributed by atoms with Crippen molar-refractivity contribution < 1.29 is 9.50 Å². The number of aromatic nitrogens is 2. The van der Waals surface area contributed by atoms with E-state index in [0.29, 0.717) is 6.42 Å². The molecule has 4 unspecified atom stereocenters. The van der Waals surface area contributed by atoms with E-state index in [2.05, 4.69) is 18.8 Å². The van der Waals surface area contributed by atoms with Gasteiger partial charge in [0.1, 0.15) is 6.17 Å². The van der Waals surface area contributed by atoms with E-state index in [1.165, 1.54) is 0 Å². The Morgan fingerprint density at radius 1 is 1.45 bits per heavy atom. The van der Waals surface area contributed by atoms with E-state index in [1.54, 1.807) is 12.5 Å². The van der Waals surface area contributed by atoms with Crippen molar-refractivity contribution in [3.63, 3.8) is 0 Å². The molecule has 0 bridgehead atoms. The van der Waals surface area contributed by atoms with E-state index in [0.717, 1.165) is 42.3 Å². The van der Waals surface area contributed by atoms with E-state index >= 15 is 0 Å². The predicted octanol–water partition coefficient (Wildman–Crippen LogP) is 4.41. The van der Waals surface area contributed by atoms with Gasteiger partial charge in [0.2, 0.25) is 0 Å². The van der Waals surface area contributed by atoms with Crippen LogP contribution < -0.4 is 0 Å². The van der Waals surface area contributed by atoms with Gasteiger partial charge in [-0.2, -0.15) is 0 Å². The zero-order chi connectivity index (χ0) is 15.7. The maximum Gasteiger partial charge on any atom is 0.108 e. The van der Waals surface area contributed by atoms with Crippen LogP contribution in [0.2, 0.25) is 0 Å². The Kier molecular flexibility index (Phi) is 4.48. The zero-order valence-corrected chi connectivity index (χ0v) is 13.4. The first-order chi connectivity index (χ1) is 10.7. The Balaban J connectivity index is 2.00. The number of fused-ring (bicyclic) bond motifs is 1. The maximum absolute atomic E-state index is 13.6. The molecule has 3 rings (SSSR count). The minimum atomic E-state index is -0.757. The zero-order valence-electron chi connectivity index (χ0n) is 13.4. The van der Waals surface area contributed by atoms with Crippen molar-refractivity contribution in [1.29, 1.82) is 0 Å². The molecule has 4 heteroatoms. The van der Waals surface area contributed by atoms with Crippen molar-refractivity contribution in [3.05, 3.63) is 35.9 Å².